The van der Waals surface area contributed by atoms with Gasteiger partial charge in [0.2, 0.25) is 15.0 Å². The van der Waals surface area contributed by atoms with Crippen LogP contribution in [0, 0.1) is 0 Å². The van der Waals surface area contributed by atoms with Crippen LogP contribution >= 0.6 is 0 Å². The van der Waals surface area contributed by atoms with Crippen molar-refractivity contribution in [2.45, 2.75) is 18.0 Å². The molecule has 1 aromatic rings. The third kappa shape index (κ3) is 2.55. The number of sulfone groups is 1. The number of aromatic nitrogens is 2. The lowest BCUT2D eigenvalue weighted by molar-refractivity contribution is 0.351. The molecule has 0 atom stereocenters. The predicted octanol–water partition coefficient (Wildman–Crippen LogP) is -0.796. The molecule has 0 saturated carbocycles. The molecule has 0 unspecified atom stereocenters. The van der Waals surface area contributed by atoms with Gasteiger partial charge in [-0.3, -0.25) is 9.78 Å². The smallest absolute Gasteiger partial charge is 0.255 e. The standard InChI is InChI=1S/C10H15N3O3S/c1-13-5-3-7-8(4-6-13)11-10(12-9(7)14)17(2,15)16/h3-6H2,1-2H3,(H,11,12,14). The van der Waals surface area contributed by atoms with Crippen molar-refractivity contribution in [3.63, 3.8) is 0 Å². The lowest BCUT2D eigenvalue weighted by Gasteiger charge is -2.10. The molecule has 7 heteroatoms. The summed E-state index contributed by atoms with van der Waals surface area (Å²) in [6, 6.07) is 0. The van der Waals surface area contributed by atoms with Gasteiger partial charge in [0.1, 0.15) is 0 Å². The molecule has 2 heterocycles. The Balaban J connectivity index is 2.55. The number of aromatic amines is 1. The molecule has 0 fully saturated rings. The lowest BCUT2D eigenvalue weighted by atomic mass is 10.1. The zero-order valence-electron chi connectivity index (χ0n) is 9.86. The molecule has 0 aliphatic carbocycles. The molecule has 0 radical (unpaired) electrons. The van der Waals surface area contributed by atoms with Gasteiger partial charge in [-0.2, -0.15) is 0 Å². The number of fused-ring (bicyclic) bond motifs is 1. The SMILES string of the molecule is CN1CCc2nc(S(C)(=O)=O)[nH]c(=O)c2CC1. The molecule has 6 nitrogen and oxygen atoms in total. The highest BCUT2D eigenvalue weighted by molar-refractivity contribution is 7.90. The highest BCUT2D eigenvalue weighted by Gasteiger charge is 2.19. The summed E-state index contributed by atoms with van der Waals surface area (Å²) in [5, 5.41) is -0.231. The van der Waals surface area contributed by atoms with Gasteiger partial charge in [-0.15, -0.1) is 0 Å². The van der Waals surface area contributed by atoms with Gasteiger partial charge in [0.05, 0.1) is 5.69 Å². The summed E-state index contributed by atoms with van der Waals surface area (Å²) in [4.78, 5) is 20.3. The highest BCUT2D eigenvalue weighted by Crippen LogP contribution is 2.10. The van der Waals surface area contributed by atoms with Crippen molar-refractivity contribution in [2.24, 2.45) is 0 Å². The lowest BCUT2D eigenvalue weighted by Crippen LogP contribution is -2.22. The van der Waals surface area contributed by atoms with Gasteiger partial charge in [-0.05, 0) is 13.5 Å². The molecule has 94 valence electrons. The Hall–Kier alpha value is -1.21. The quantitative estimate of drug-likeness (QED) is 0.666. The van der Waals surface area contributed by atoms with E-state index in [1.807, 2.05) is 7.05 Å². The van der Waals surface area contributed by atoms with E-state index in [9.17, 15) is 13.2 Å². The van der Waals surface area contributed by atoms with Gasteiger partial charge in [0.25, 0.3) is 5.56 Å². The summed E-state index contributed by atoms with van der Waals surface area (Å²) < 4.78 is 22.8. The molecule has 17 heavy (non-hydrogen) atoms. The van der Waals surface area contributed by atoms with Gasteiger partial charge in [0.15, 0.2) is 0 Å². The number of likely N-dealkylation sites (N-methyl/N-ethyl adjacent to an activating group) is 1. The van der Waals surface area contributed by atoms with E-state index in [0.717, 1.165) is 19.3 Å². The van der Waals surface area contributed by atoms with Crippen molar-refractivity contribution in [3.8, 4) is 0 Å². The minimum atomic E-state index is -3.46. The van der Waals surface area contributed by atoms with E-state index in [1.54, 1.807) is 0 Å². The summed E-state index contributed by atoms with van der Waals surface area (Å²) in [6.07, 6.45) is 2.26. The zero-order valence-corrected chi connectivity index (χ0v) is 10.7. The first kappa shape index (κ1) is 12.3. The van der Waals surface area contributed by atoms with Crippen LogP contribution in [0.4, 0.5) is 0 Å². The maximum absolute atomic E-state index is 11.8. The number of rotatable bonds is 1. The third-order valence-electron chi connectivity index (χ3n) is 2.90. The van der Waals surface area contributed by atoms with Crippen LogP contribution in [0.1, 0.15) is 11.3 Å². The van der Waals surface area contributed by atoms with E-state index >= 15 is 0 Å². The Kier molecular flexibility index (Phi) is 3.05. The summed E-state index contributed by atoms with van der Waals surface area (Å²) in [5.41, 5.74) is 0.894. The van der Waals surface area contributed by atoms with Gasteiger partial charge in [-0.25, -0.2) is 13.4 Å². The van der Waals surface area contributed by atoms with E-state index in [2.05, 4.69) is 14.9 Å². The van der Waals surface area contributed by atoms with E-state index in [0.29, 0.717) is 24.1 Å². The normalized spacial score (nSPS) is 17.5. The van der Waals surface area contributed by atoms with Crippen molar-refractivity contribution in [1.82, 2.24) is 14.9 Å². The molecule has 0 spiro atoms. The monoisotopic (exact) mass is 257 g/mol. The van der Waals surface area contributed by atoms with Gasteiger partial charge >= 0.3 is 0 Å². The molecule has 1 aliphatic rings. The maximum atomic E-state index is 11.8. The van der Waals surface area contributed by atoms with Crippen molar-refractivity contribution in [3.05, 3.63) is 21.6 Å². The fraction of sp³-hybridized carbons (Fsp3) is 0.600. The highest BCUT2D eigenvalue weighted by atomic mass is 32.2. The average molecular weight is 257 g/mol. The number of H-pyrrole nitrogens is 1. The molecule has 0 bridgehead atoms. The fourth-order valence-electron chi connectivity index (χ4n) is 1.87. The van der Waals surface area contributed by atoms with Crippen molar-refractivity contribution >= 4 is 9.84 Å². The van der Waals surface area contributed by atoms with Crippen LogP contribution in [-0.4, -0.2) is 49.7 Å². The topological polar surface area (TPSA) is 83.1 Å². The van der Waals surface area contributed by atoms with Crippen molar-refractivity contribution in [2.75, 3.05) is 26.4 Å². The Morgan fingerprint density at radius 2 is 1.94 bits per heavy atom. The van der Waals surface area contributed by atoms with Crippen molar-refractivity contribution < 1.29 is 8.42 Å². The zero-order chi connectivity index (χ0) is 12.6. The molecule has 0 saturated heterocycles. The fourth-order valence-corrected chi connectivity index (χ4v) is 2.43. The number of hydrogen-bond acceptors (Lipinski definition) is 5. The van der Waals surface area contributed by atoms with E-state index in [-0.39, 0.29) is 10.7 Å². The van der Waals surface area contributed by atoms with Gasteiger partial charge in [0, 0.05) is 31.3 Å². The molecule has 1 aliphatic heterocycles. The maximum Gasteiger partial charge on any atom is 0.255 e. The molecule has 2 rings (SSSR count). The molecular formula is C10H15N3O3S. The first-order valence-corrected chi connectivity index (χ1v) is 7.28. The summed E-state index contributed by atoms with van der Waals surface area (Å²) in [5.74, 6) is 0. The molecule has 1 aromatic heterocycles. The van der Waals surface area contributed by atoms with Crippen LogP contribution in [0.2, 0.25) is 0 Å². The number of nitrogens with zero attached hydrogens (tertiary/aromatic N) is 2. The number of hydrogen-bond donors (Lipinski definition) is 1. The number of nitrogens with one attached hydrogen (secondary N) is 1. The molecular weight excluding hydrogens is 242 g/mol. The van der Waals surface area contributed by atoms with E-state index < -0.39 is 9.84 Å². The first-order chi connectivity index (χ1) is 7.88. The van der Waals surface area contributed by atoms with Crippen LogP contribution in [0.15, 0.2) is 9.95 Å². The second kappa shape index (κ2) is 4.23. The Bertz CT molecular complexity index is 591. The summed E-state index contributed by atoms with van der Waals surface area (Å²) in [7, 11) is -1.49. The third-order valence-corrected chi connectivity index (χ3v) is 3.80. The van der Waals surface area contributed by atoms with Crippen LogP contribution in [0.3, 0.4) is 0 Å². The summed E-state index contributed by atoms with van der Waals surface area (Å²) in [6.45, 7) is 1.57. The molecule has 0 aromatic carbocycles. The second-order valence-corrected chi connectivity index (χ2v) is 6.30. The van der Waals surface area contributed by atoms with Crippen LogP contribution in [0.25, 0.3) is 0 Å². The minimum Gasteiger partial charge on any atom is -0.306 e. The molecule has 0 amide bonds. The summed E-state index contributed by atoms with van der Waals surface area (Å²) >= 11 is 0. The van der Waals surface area contributed by atoms with Crippen molar-refractivity contribution in [1.29, 1.82) is 0 Å². The van der Waals surface area contributed by atoms with Gasteiger partial charge in [-0.1, -0.05) is 0 Å². The minimum absolute atomic E-state index is 0.231. The Morgan fingerprint density at radius 1 is 1.29 bits per heavy atom. The average Bonchev–Trinajstić information content (AvgIpc) is 2.40. The largest absolute Gasteiger partial charge is 0.306 e. The van der Waals surface area contributed by atoms with Crippen LogP contribution < -0.4 is 5.56 Å². The predicted molar refractivity (Wildman–Crippen MR) is 62.9 cm³/mol. The van der Waals surface area contributed by atoms with Gasteiger partial charge < -0.3 is 4.90 Å². The van der Waals surface area contributed by atoms with Crippen LogP contribution in [0.5, 0.6) is 0 Å². The van der Waals surface area contributed by atoms with E-state index in [4.69, 9.17) is 0 Å². The Morgan fingerprint density at radius 3 is 2.59 bits per heavy atom. The first-order valence-electron chi connectivity index (χ1n) is 5.38. The van der Waals surface area contributed by atoms with Crippen LogP contribution in [-0.2, 0) is 22.7 Å². The second-order valence-electron chi connectivity index (χ2n) is 4.37. The Labute approximate surface area is 99.6 Å². The van der Waals surface area contributed by atoms with E-state index in [1.165, 1.54) is 0 Å². The molecule has 1 N–H and O–H groups in total.